The molecule has 0 saturated heterocycles. The number of nitrogens with zero attached hydrogens (tertiary/aromatic N) is 1. The molecule has 0 N–H and O–H groups in total. The summed E-state index contributed by atoms with van der Waals surface area (Å²) in [7, 11) is 0. The maximum Gasteiger partial charge on any atom is 0.0719 e. The first-order chi connectivity index (χ1) is 13.6. The molecular weight excluding hydrogens is 358 g/mol. The van der Waals surface area contributed by atoms with Gasteiger partial charge in [-0.05, 0) is 66.8 Å². The fourth-order valence-electron chi connectivity index (χ4n) is 3.78. The summed E-state index contributed by atoms with van der Waals surface area (Å²) >= 11 is 1.87. The van der Waals surface area contributed by atoms with Crippen LogP contribution in [0, 0.1) is 20.8 Å². The topological polar surface area (TPSA) is 12.9 Å². The van der Waals surface area contributed by atoms with Crippen LogP contribution in [0.25, 0.3) is 42.6 Å². The van der Waals surface area contributed by atoms with Gasteiger partial charge in [0.25, 0.3) is 0 Å². The van der Waals surface area contributed by atoms with Crippen LogP contribution in [-0.2, 0) is 0 Å². The van der Waals surface area contributed by atoms with Crippen molar-refractivity contribution in [2.45, 2.75) is 20.8 Å². The Morgan fingerprint density at radius 1 is 0.714 bits per heavy atom. The third kappa shape index (κ3) is 2.81. The van der Waals surface area contributed by atoms with Crippen molar-refractivity contribution in [3.8, 4) is 22.4 Å². The number of thiophene rings is 1. The van der Waals surface area contributed by atoms with Crippen LogP contribution in [0.15, 0.2) is 72.9 Å². The minimum absolute atomic E-state index is 1.05. The Hall–Kier alpha value is -2.97. The molecule has 0 aliphatic heterocycles. The third-order valence-electron chi connectivity index (χ3n) is 5.53. The molecule has 2 aromatic heterocycles. The molecule has 0 unspecified atom stereocenters. The van der Waals surface area contributed by atoms with E-state index in [9.17, 15) is 0 Å². The van der Waals surface area contributed by atoms with Gasteiger partial charge in [-0.15, -0.1) is 11.3 Å². The van der Waals surface area contributed by atoms with Gasteiger partial charge in [-0.3, -0.25) is 4.98 Å². The second-order valence-corrected chi connectivity index (χ2v) is 8.56. The van der Waals surface area contributed by atoms with E-state index in [0.29, 0.717) is 0 Å². The number of aromatic nitrogens is 1. The van der Waals surface area contributed by atoms with Crippen LogP contribution in [0.3, 0.4) is 0 Å². The molecule has 0 fully saturated rings. The predicted octanol–water partition coefficient (Wildman–Crippen LogP) is 7.71. The quantitative estimate of drug-likeness (QED) is 0.306. The predicted molar refractivity (Wildman–Crippen MR) is 122 cm³/mol. The fourth-order valence-corrected chi connectivity index (χ4v) is 5.05. The zero-order chi connectivity index (χ0) is 19.3. The fraction of sp³-hybridized carbons (Fsp3) is 0.115. The van der Waals surface area contributed by atoms with E-state index in [0.717, 1.165) is 5.69 Å². The standard InChI is InChI=1S/C26H21NS/c1-16-11-12-27-24(13-16)23-6-4-5-22-21-10-9-20(15-25(21)28-26(22)23)19-8-7-17(2)18(3)14-19/h4-15H,1-3H3. The van der Waals surface area contributed by atoms with Crippen LogP contribution in [0.4, 0.5) is 0 Å². The lowest BCUT2D eigenvalue weighted by Crippen LogP contribution is -1.84. The van der Waals surface area contributed by atoms with Gasteiger partial charge in [0.05, 0.1) is 5.69 Å². The van der Waals surface area contributed by atoms with Gasteiger partial charge in [-0.25, -0.2) is 0 Å². The molecule has 1 nitrogen and oxygen atoms in total. The largest absolute Gasteiger partial charge is 0.256 e. The summed E-state index contributed by atoms with van der Waals surface area (Å²) in [5.41, 5.74) is 8.73. The van der Waals surface area contributed by atoms with Gasteiger partial charge >= 0.3 is 0 Å². The average molecular weight is 380 g/mol. The van der Waals surface area contributed by atoms with Crippen LogP contribution >= 0.6 is 11.3 Å². The molecular formula is C26H21NS. The molecule has 0 aliphatic rings. The van der Waals surface area contributed by atoms with E-state index >= 15 is 0 Å². The first kappa shape index (κ1) is 17.2. The number of benzene rings is 3. The number of pyridine rings is 1. The highest BCUT2D eigenvalue weighted by molar-refractivity contribution is 7.26. The van der Waals surface area contributed by atoms with E-state index in [1.165, 1.54) is 53.6 Å². The van der Waals surface area contributed by atoms with Gasteiger partial charge in [0.1, 0.15) is 0 Å². The average Bonchev–Trinajstić information content (AvgIpc) is 3.08. The lowest BCUT2D eigenvalue weighted by Gasteiger charge is -2.06. The molecule has 3 aromatic carbocycles. The molecule has 5 aromatic rings. The summed E-state index contributed by atoms with van der Waals surface area (Å²) in [6.45, 7) is 6.46. The maximum absolute atomic E-state index is 4.62. The number of rotatable bonds is 2. The first-order valence-corrected chi connectivity index (χ1v) is 10.4. The van der Waals surface area contributed by atoms with E-state index in [1.807, 2.05) is 23.6 Å². The van der Waals surface area contributed by atoms with E-state index in [1.54, 1.807) is 0 Å². The molecule has 0 amide bonds. The van der Waals surface area contributed by atoms with Gasteiger partial charge in [-0.2, -0.15) is 0 Å². The number of hydrogen-bond donors (Lipinski definition) is 0. The van der Waals surface area contributed by atoms with Crippen LogP contribution in [0.1, 0.15) is 16.7 Å². The molecule has 28 heavy (non-hydrogen) atoms. The lowest BCUT2D eigenvalue weighted by molar-refractivity contribution is 1.29. The lowest BCUT2D eigenvalue weighted by atomic mass is 9.99. The van der Waals surface area contributed by atoms with E-state index in [2.05, 4.69) is 86.4 Å². The maximum atomic E-state index is 4.62. The minimum Gasteiger partial charge on any atom is -0.256 e. The van der Waals surface area contributed by atoms with Crippen molar-refractivity contribution in [2.75, 3.05) is 0 Å². The van der Waals surface area contributed by atoms with E-state index in [4.69, 9.17) is 0 Å². The number of hydrogen-bond acceptors (Lipinski definition) is 2. The van der Waals surface area contributed by atoms with Gasteiger partial charge in [0.2, 0.25) is 0 Å². The highest BCUT2D eigenvalue weighted by Gasteiger charge is 2.12. The summed E-state index contributed by atoms with van der Waals surface area (Å²) in [6.07, 6.45) is 1.90. The van der Waals surface area contributed by atoms with Gasteiger partial charge in [0, 0.05) is 31.9 Å². The Bertz CT molecular complexity index is 1340. The smallest absolute Gasteiger partial charge is 0.0719 e. The van der Waals surface area contributed by atoms with Crippen molar-refractivity contribution < 1.29 is 0 Å². The Morgan fingerprint density at radius 3 is 2.36 bits per heavy atom. The normalized spacial score (nSPS) is 11.4. The molecule has 0 bridgehead atoms. The summed E-state index contributed by atoms with van der Waals surface area (Å²) in [6, 6.07) is 24.3. The third-order valence-corrected chi connectivity index (χ3v) is 6.73. The molecule has 5 rings (SSSR count). The summed E-state index contributed by atoms with van der Waals surface area (Å²) in [5, 5.41) is 2.63. The van der Waals surface area contributed by atoms with Crippen LogP contribution < -0.4 is 0 Å². The van der Waals surface area contributed by atoms with Gasteiger partial charge in [-0.1, -0.05) is 48.5 Å². The van der Waals surface area contributed by atoms with Crippen molar-refractivity contribution in [2.24, 2.45) is 0 Å². The molecule has 0 saturated carbocycles. The second kappa shape index (κ2) is 6.57. The van der Waals surface area contributed by atoms with E-state index in [-0.39, 0.29) is 0 Å². The molecule has 2 heterocycles. The minimum atomic E-state index is 1.05. The zero-order valence-corrected chi connectivity index (χ0v) is 17.1. The van der Waals surface area contributed by atoms with Crippen molar-refractivity contribution in [1.29, 1.82) is 0 Å². The van der Waals surface area contributed by atoms with Crippen LogP contribution in [0.5, 0.6) is 0 Å². The van der Waals surface area contributed by atoms with Crippen molar-refractivity contribution in [1.82, 2.24) is 4.98 Å². The van der Waals surface area contributed by atoms with Crippen molar-refractivity contribution in [3.63, 3.8) is 0 Å². The molecule has 0 atom stereocenters. The molecule has 136 valence electrons. The summed E-state index contributed by atoms with van der Waals surface area (Å²) < 4.78 is 2.64. The van der Waals surface area contributed by atoms with Gasteiger partial charge < -0.3 is 0 Å². The van der Waals surface area contributed by atoms with Crippen molar-refractivity contribution >= 4 is 31.5 Å². The molecule has 0 spiro atoms. The van der Waals surface area contributed by atoms with Crippen LogP contribution in [-0.4, -0.2) is 4.98 Å². The van der Waals surface area contributed by atoms with Crippen LogP contribution in [0.2, 0.25) is 0 Å². The molecule has 0 radical (unpaired) electrons. The Balaban J connectivity index is 1.71. The van der Waals surface area contributed by atoms with Crippen molar-refractivity contribution in [3.05, 3.63) is 89.6 Å². The number of fused-ring (bicyclic) bond motifs is 3. The zero-order valence-electron chi connectivity index (χ0n) is 16.3. The highest BCUT2D eigenvalue weighted by atomic mass is 32.1. The second-order valence-electron chi connectivity index (χ2n) is 7.51. The SMILES string of the molecule is Cc1ccnc(-c2cccc3c2sc2cc(-c4ccc(C)c(C)c4)ccc23)c1. The highest BCUT2D eigenvalue weighted by Crippen LogP contribution is 2.41. The Labute approximate surface area is 169 Å². The number of aryl methyl sites for hydroxylation is 3. The summed E-state index contributed by atoms with van der Waals surface area (Å²) in [4.78, 5) is 4.62. The van der Waals surface area contributed by atoms with Gasteiger partial charge in [0.15, 0.2) is 0 Å². The summed E-state index contributed by atoms with van der Waals surface area (Å²) in [5.74, 6) is 0. The monoisotopic (exact) mass is 379 g/mol. The first-order valence-electron chi connectivity index (χ1n) is 9.56. The Morgan fingerprint density at radius 2 is 1.54 bits per heavy atom. The molecule has 2 heteroatoms. The van der Waals surface area contributed by atoms with E-state index < -0.39 is 0 Å². The molecule has 0 aliphatic carbocycles. The Kier molecular flexibility index (Phi) is 4.03.